The second-order valence-corrected chi connectivity index (χ2v) is 4.14. The molecule has 1 aliphatic rings. The Labute approximate surface area is 68.1 Å². The van der Waals surface area contributed by atoms with Gasteiger partial charge in [-0.15, -0.1) is 0 Å². The molecule has 0 nitrogen and oxygen atoms in total. The van der Waals surface area contributed by atoms with Crippen LogP contribution in [0.2, 0.25) is 0 Å². The van der Waals surface area contributed by atoms with Crippen molar-refractivity contribution in [1.82, 2.24) is 0 Å². The Bertz CT molecular complexity index is 103. The van der Waals surface area contributed by atoms with Gasteiger partial charge in [-0.1, -0.05) is 18.6 Å². The molecule has 1 fully saturated rings. The first-order chi connectivity index (χ1) is 4.93. The highest BCUT2D eigenvalue weighted by atomic mass is 32.2. The molecule has 1 rings (SSSR count). The summed E-state index contributed by atoms with van der Waals surface area (Å²) in [6, 6.07) is 0. The molecule has 10 heavy (non-hydrogen) atoms. The Morgan fingerprint density at radius 2 is 2.30 bits per heavy atom. The highest BCUT2D eigenvalue weighted by molar-refractivity contribution is 8.06. The molecule has 58 valence electrons. The van der Waals surface area contributed by atoms with Crippen LogP contribution in [-0.2, 0) is 0 Å². The predicted molar refractivity (Wildman–Crippen MR) is 49.5 cm³/mol. The van der Waals surface area contributed by atoms with Crippen molar-refractivity contribution >= 4 is 11.8 Å². The molecule has 0 amide bonds. The molecule has 0 aromatic rings. The van der Waals surface area contributed by atoms with Gasteiger partial charge in [-0.25, -0.2) is 0 Å². The topological polar surface area (TPSA) is 0 Å². The highest BCUT2D eigenvalue weighted by Crippen LogP contribution is 2.34. The van der Waals surface area contributed by atoms with Crippen LogP contribution in [0.3, 0.4) is 0 Å². The van der Waals surface area contributed by atoms with Crippen LogP contribution < -0.4 is 0 Å². The molecule has 0 saturated carbocycles. The third-order valence-corrected chi connectivity index (χ3v) is 2.83. The third kappa shape index (κ3) is 3.99. The van der Waals surface area contributed by atoms with Crippen LogP contribution in [0.25, 0.3) is 0 Å². The van der Waals surface area contributed by atoms with Crippen LogP contribution in [0, 0.1) is 0 Å². The fraction of sp³-hybridized carbons (Fsp3) is 0.778. The second kappa shape index (κ2) is 4.84. The summed E-state index contributed by atoms with van der Waals surface area (Å²) in [5.74, 6) is 1.43. The van der Waals surface area contributed by atoms with E-state index in [0.29, 0.717) is 0 Å². The van der Waals surface area contributed by atoms with E-state index < -0.39 is 0 Å². The lowest BCUT2D eigenvalue weighted by molar-refractivity contribution is 0.704. The molecule has 1 unspecified atom stereocenters. The fourth-order valence-electron chi connectivity index (χ4n) is 1.04. The van der Waals surface area contributed by atoms with E-state index >= 15 is 0 Å². The van der Waals surface area contributed by atoms with Gasteiger partial charge in [-0.05, 0) is 26.2 Å². The Morgan fingerprint density at radius 3 is 2.90 bits per heavy atom. The second-order valence-electron chi connectivity index (χ2n) is 2.81. The third-order valence-electron chi connectivity index (χ3n) is 1.78. The van der Waals surface area contributed by atoms with E-state index in [1.54, 1.807) is 0 Å². The molecule has 0 aromatic heterocycles. The van der Waals surface area contributed by atoms with Gasteiger partial charge in [0, 0.05) is 11.0 Å². The average Bonchev–Trinajstić information content (AvgIpc) is 2.71. The molecule has 0 aromatic carbocycles. The largest absolute Gasteiger partial charge is 0.157 e. The minimum absolute atomic E-state index is 1.05. The van der Waals surface area contributed by atoms with Crippen LogP contribution in [-0.4, -0.2) is 11.0 Å². The fourth-order valence-corrected chi connectivity index (χ4v) is 1.67. The van der Waals surface area contributed by atoms with Crippen molar-refractivity contribution in [3.63, 3.8) is 0 Å². The number of allylic oxidation sites excluding steroid dienone is 2. The molecule has 0 radical (unpaired) electrons. The maximum Gasteiger partial charge on any atom is 0.0138 e. The van der Waals surface area contributed by atoms with E-state index in [0.717, 1.165) is 5.25 Å². The SMILES string of the molecule is C/C=C/CCCCC1CS1. The summed E-state index contributed by atoms with van der Waals surface area (Å²) in [7, 11) is 0. The normalized spacial score (nSPS) is 23.9. The van der Waals surface area contributed by atoms with Gasteiger partial charge in [-0.2, -0.15) is 11.8 Å². The summed E-state index contributed by atoms with van der Waals surface area (Å²) in [5, 5.41) is 1.05. The highest BCUT2D eigenvalue weighted by Gasteiger charge is 2.20. The maximum absolute atomic E-state index is 2.26. The predicted octanol–water partition coefficient (Wildman–Crippen LogP) is 3.24. The molecule has 0 spiro atoms. The Hall–Kier alpha value is 0.0900. The quantitative estimate of drug-likeness (QED) is 0.334. The van der Waals surface area contributed by atoms with Gasteiger partial charge >= 0.3 is 0 Å². The van der Waals surface area contributed by atoms with Crippen molar-refractivity contribution in [2.24, 2.45) is 0 Å². The van der Waals surface area contributed by atoms with E-state index in [1.807, 2.05) is 0 Å². The van der Waals surface area contributed by atoms with Gasteiger partial charge in [-0.3, -0.25) is 0 Å². The summed E-state index contributed by atoms with van der Waals surface area (Å²) in [4.78, 5) is 0. The molecule has 1 aliphatic heterocycles. The summed E-state index contributed by atoms with van der Waals surface area (Å²) < 4.78 is 0. The van der Waals surface area contributed by atoms with Gasteiger partial charge in [0.15, 0.2) is 0 Å². The number of hydrogen-bond donors (Lipinski definition) is 0. The zero-order chi connectivity index (χ0) is 7.23. The van der Waals surface area contributed by atoms with Crippen LogP contribution in [0.5, 0.6) is 0 Å². The van der Waals surface area contributed by atoms with Crippen molar-refractivity contribution in [2.45, 2.75) is 37.9 Å². The number of rotatable bonds is 5. The molecule has 0 bridgehead atoms. The minimum atomic E-state index is 1.05. The van der Waals surface area contributed by atoms with Gasteiger partial charge in [0.1, 0.15) is 0 Å². The number of unbranched alkanes of at least 4 members (excludes halogenated alkanes) is 2. The first-order valence-corrected chi connectivity index (χ1v) is 5.21. The van der Waals surface area contributed by atoms with Gasteiger partial charge in [0.05, 0.1) is 0 Å². The zero-order valence-corrected chi connectivity index (χ0v) is 7.49. The Balaban J connectivity index is 1.76. The van der Waals surface area contributed by atoms with Crippen molar-refractivity contribution in [3.05, 3.63) is 12.2 Å². The lowest BCUT2D eigenvalue weighted by Gasteiger charge is -1.93. The van der Waals surface area contributed by atoms with E-state index in [1.165, 1.54) is 31.4 Å². The molecule has 0 N–H and O–H groups in total. The molecule has 1 atom stereocenters. The van der Waals surface area contributed by atoms with E-state index in [-0.39, 0.29) is 0 Å². The first-order valence-electron chi connectivity index (χ1n) is 4.16. The summed E-state index contributed by atoms with van der Waals surface area (Å²) in [5.41, 5.74) is 0. The smallest absolute Gasteiger partial charge is 0.0138 e. The Kier molecular flexibility index (Phi) is 3.96. The number of hydrogen-bond acceptors (Lipinski definition) is 1. The van der Waals surface area contributed by atoms with Crippen LogP contribution in [0.1, 0.15) is 32.6 Å². The lowest BCUT2D eigenvalue weighted by Crippen LogP contribution is -1.82. The molecular weight excluding hydrogens is 140 g/mol. The van der Waals surface area contributed by atoms with Gasteiger partial charge in [0.2, 0.25) is 0 Å². The molecule has 1 heteroatoms. The average molecular weight is 156 g/mol. The summed E-state index contributed by atoms with van der Waals surface area (Å²) in [6.45, 7) is 2.09. The van der Waals surface area contributed by atoms with Crippen LogP contribution >= 0.6 is 11.8 Å². The van der Waals surface area contributed by atoms with Crippen molar-refractivity contribution < 1.29 is 0 Å². The summed E-state index contributed by atoms with van der Waals surface area (Å²) >= 11 is 2.11. The van der Waals surface area contributed by atoms with E-state index in [2.05, 4.69) is 30.8 Å². The Morgan fingerprint density at radius 1 is 1.50 bits per heavy atom. The van der Waals surface area contributed by atoms with Crippen molar-refractivity contribution in [3.8, 4) is 0 Å². The van der Waals surface area contributed by atoms with Crippen LogP contribution in [0.15, 0.2) is 12.2 Å². The van der Waals surface area contributed by atoms with Crippen LogP contribution in [0.4, 0.5) is 0 Å². The van der Waals surface area contributed by atoms with E-state index in [4.69, 9.17) is 0 Å². The first kappa shape index (κ1) is 8.19. The molecule has 1 heterocycles. The minimum Gasteiger partial charge on any atom is -0.157 e. The van der Waals surface area contributed by atoms with E-state index in [9.17, 15) is 0 Å². The maximum atomic E-state index is 2.26. The standard InChI is InChI=1S/C9H16S/c1-2-3-4-5-6-7-9-8-10-9/h2-3,9H,4-8H2,1H3/b3-2+. The molecule has 0 aliphatic carbocycles. The molecular formula is C9H16S. The zero-order valence-electron chi connectivity index (χ0n) is 6.68. The van der Waals surface area contributed by atoms with Crippen molar-refractivity contribution in [2.75, 3.05) is 5.75 Å². The number of thioether (sulfide) groups is 1. The van der Waals surface area contributed by atoms with Gasteiger partial charge < -0.3 is 0 Å². The monoisotopic (exact) mass is 156 g/mol. The summed E-state index contributed by atoms with van der Waals surface area (Å²) in [6.07, 6.45) is 9.98. The lowest BCUT2D eigenvalue weighted by atomic mass is 10.1. The molecule has 1 saturated heterocycles. The van der Waals surface area contributed by atoms with Crippen molar-refractivity contribution in [1.29, 1.82) is 0 Å². The van der Waals surface area contributed by atoms with Gasteiger partial charge in [0.25, 0.3) is 0 Å².